The van der Waals surface area contributed by atoms with Gasteiger partial charge in [0.15, 0.2) is 5.75 Å². The predicted octanol–water partition coefficient (Wildman–Crippen LogP) is 1.15. The normalized spacial score (nSPS) is 22.9. The van der Waals surface area contributed by atoms with Crippen molar-refractivity contribution >= 4 is 15.7 Å². The van der Waals surface area contributed by atoms with E-state index in [1.54, 1.807) is 6.92 Å². The number of hydrogen-bond acceptors (Lipinski definition) is 6. The van der Waals surface area contributed by atoms with Crippen LogP contribution in [0.2, 0.25) is 0 Å². The maximum atomic E-state index is 12.3. The fourth-order valence-electron chi connectivity index (χ4n) is 2.21. The molecule has 1 saturated heterocycles. The Morgan fingerprint density at radius 3 is 2.76 bits per heavy atom. The van der Waals surface area contributed by atoms with Crippen LogP contribution < -0.4 is 4.72 Å². The monoisotopic (exact) mass is 316 g/mol. The van der Waals surface area contributed by atoms with Crippen molar-refractivity contribution in [2.75, 3.05) is 13.2 Å². The number of sulfonamides is 1. The minimum Gasteiger partial charge on any atom is -0.502 e. The van der Waals surface area contributed by atoms with Gasteiger partial charge >= 0.3 is 5.69 Å². The van der Waals surface area contributed by atoms with Gasteiger partial charge in [0.1, 0.15) is 0 Å². The lowest BCUT2D eigenvalue weighted by atomic mass is 9.97. The summed E-state index contributed by atoms with van der Waals surface area (Å²) in [5.74, 6) is -0.578. The SMILES string of the molecule is CC1(NS(=O)(=O)c2ccc(O)c([N+](=O)[O-])c2)CCCOC1. The van der Waals surface area contributed by atoms with E-state index in [9.17, 15) is 23.6 Å². The summed E-state index contributed by atoms with van der Waals surface area (Å²) in [4.78, 5) is 9.67. The number of phenolic OH excluding ortho intramolecular Hbond substituents is 1. The third-order valence-corrected chi connectivity index (χ3v) is 4.91. The first-order valence-corrected chi connectivity index (χ1v) is 7.81. The zero-order valence-electron chi connectivity index (χ0n) is 11.4. The average Bonchev–Trinajstić information content (AvgIpc) is 2.38. The van der Waals surface area contributed by atoms with E-state index in [4.69, 9.17) is 4.74 Å². The van der Waals surface area contributed by atoms with E-state index in [1.165, 1.54) is 0 Å². The molecule has 0 spiro atoms. The van der Waals surface area contributed by atoms with Gasteiger partial charge in [-0.2, -0.15) is 0 Å². The Morgan fingerprint density at radius 1 is 1.48 bits per heavy atom. The van der Waals surface area contributed by atoms with Crippen molar-refractivity contribution in [1.82, 2.24) is 4.72 Å². The first-order chi connectivity index (χ1) is 9.73. The Balaban J connectivity index is 2.31. The van der Waals surface area contributed by atoms with Gasteiger partial charge in [0.05, 0.1) is 22.0 Å². The highest BCUT2D eigenvalue weighted by Crippen LogP contribution is 2.29. The Bertz CT molecular complexity index is 652. The number of ether oxygens (including phenoxy) is 1. The molecule has 0 radical (unpaired) electrons. The van der Waals surface area contributed by atoms with Crippen molar-refractivity contribution in [2.45, 2.75) is 30.2 Å². The third kappa shape index (κ3) is 3.49. The van der Waals surface area contributed by atoms with E-state index < -0.39 is 31.9 Å². The van der Waals surface area contributed by atoms with Gasteiger partial charge in [0.2, 0.25) is 10.0 Å². The standard InChI is InChI=1S/C12H16N2O6S/c1-12(5-2-6-20-8-12)13-21(18,19)9-3-4-11(15)10(7-9)14(16)17/h3-4,7,13,15H,2,5-6,8H2,1H3. The molecule has 2 N–H and O–H groups in total. The zero-order chi connectivity index (χ0) is 15.7. The number of nitrogens with one attached hydrogen (secondary N) is 1. The summed E-state index contributed by atoms with van der Waals surface area (Å²) in [6.07, 6.45) is 1.35. The van der Waals surface area contributed by atoms with E-state index >= 15 is 0 Å². The second kappa shape index (κ2) is 5.58. The smallest absolute Gasteiger partial charge is 0.312 e. The average molecular weight is 316 g/mol. The van der Waals surface area contributed by atoms with Crippen LogP contribution in [0.1, 0.15) is 19.8 Å². The van der Waals surface area contributed by atoms with Crippen LogP contribution in [0.15, 0.2) is 23.1 Å². The molecule has 1 aromatic rings. The summed E-state index contributed by atoms with van der Waals surface area (Å²) >= 11 is 0. The Morgan fingerprint density at radius 2 is 2.19 bits per heavy atom. The number of phenols is 1. The molecular weight excluding hydrogens is 300 g/mol. The summed E-state index contributed by atoms with van der Waals surface area (Å²) in [5, 5.41) is 20.1. The number of nitro benzene ring substituents is 1. The van der Waals surface area contributed by atoms with Gasteiger partial charge < -0.3 is 9.84 Å². The quantitative estimate of drug-likeness (QED) is 0.635. The van der Waals surface area contributed by atoms with Crippen LogP contribution >= 0.6 is 0 Å². The van der Waals surface area contributed by atoms with Crippen molar-refractivity contribution in [3.05, 3.63) is 28.3 Å². The van der Waals surface area contributed by atoms with Crippen LogP contribution in [-0.2, 0) is 14.8 Å². The molecule has 0 saturated carbocycles. The fourth-order valence-corrected chi connectivity index (χ4v) is 3.66. The van der Waals surface area contributed by atoms with E-state index in [0.717, 1.165) is 24.6 Å². The molecule has 0 amide bonds. The molecule has 1 atom stereocenters. The maximum Gasteiger partial charge on any atom is 0.312 e. The summed E-state index contributed by atoms with van der Waals surface area (Å²) < 4.78 is 32.4. The highest BCUT2D eigenvalue weighted by Gasteiger charge is 2.33. The molecule has 1 fully saturated rings. The van der Waals surface area contributed by atoms with E-state index in [-0.39, 0.29) is 11.5 Å². The highest BCUT2D eigenvalue weighted by molar-refractivity contribution is 7.89. The van der Waals surface area contributed by atoms with Crippen LogP contribution in [0.3, 0.4) is 0 Å². The minimum atomic E-state index is -3.94. The first-order valence-electron chi connectivity index (χ1n) is 6.33. The van der Waals surface area contributed by atoms with Gasteiger partial charge in [-0.1, -0.05) is 0 Å². The largest absolute Gasteiger partial charge is 0.502 e. The molecule has 21 heavy (non-hydrogen) atoms. The number of hydrogen-bond donors (Lipinski definition) is 2. The lowest BCUT2D eigenvalue weighted by molar-refractivity contribution is -0.386. The third-order valence-electron chi connectivity index (χ3n) is 3.27. The predicted molar refractivity (Wildman–Crippen MR) is 73.5 cm³/mol. The molecule has 116 valence electrons. The summed E-state index contributed by atoms with van der Waals surface area (Å²) in [6, 6.07) is 2.95. The number of nitrogens with zero attached hydrogens (tertiary/aromatic N) is 1. The van der Waals surface area contributed by atoms with Gasteiger partial charge in [-0.05, 0) is 31.9 Å². The number of benzene rings is 1. The summed E-state index contributed by atoms with van der Waals surface area (Å²) in [7, 11) is -3.94. The number of aromatic hydroxyl groups is 1. The van der Waals surface area contributed by atoms with Crippen molar-refractivity contribution < 1.29 is 23.2 Å². The highest BCUT2D eigenvalue weighted by atomic mass is 32.2. The van der Waals surface area contributed by atoms with Crippen LogP contribution in [0.25, 0.3) is 0 Å². The Kier molecular flexibility index (Phi) is 4.17. The van der Waals surface area contributed by atoms with Crippen LogP contribution in [-0.4, -0.2) is 37.2 Å². The molecule has 8 nitrogen and oxygen atoms in total. The molecule has 1 aliphatic rings. The lowest BCUT2D eigenvalue weighted by Gasteiger charge is -2.33. The van der Waals surface area contributed by atoms with Crippen LogP contribution in [0.5, 0.6) is 5.75 Å². The fraction of sp³-hybridized carbons (Fsp3) is 0.500. The molecule has 0 bridgehead atoms. The number of rotatable bonds is 4. The second-order valence-corrected chi connectivity index (χ2v) is 6.91. The van der Waals surface area contributed by atoms with Crippen LogP contribution in [0, 0.1) is 10.1 Å². The number of nitro groups is 1. The van der Waals surface area contributed by atoms with E-state index in [0.29, 0.717) is 13.0 Å². The van der Waals surface area contributed by atoms with Crippen LogP contribution in [0.4, 0.5) is 5.69 Å². The van der Waals surface area contributed by atoms with Crippen molar-refractivity contribution in [3.63, 3.8) is 0 Å². The Hall–Kier alpha value is -1.71. The molecule has 2 rings (SSSR count). The van der Waals surface area contributed by atoms with E-state index in [2.05, 4.69) is 4.72 Å². The molecule has 1 unspecified atom stereocenters. The first kappa shape index (κ1) is 15.7. The van der Waals surface area contributed by atoms with Gasteiger partial charge in [-0.25, -0.2) is 13.1 Å². The molecule has 9 heteroatoms. The van der Waals surface area contributed by atoms with Gasteiger partial charge in [0, 0.05) is 12.7 Å². The van der Waals surface area contributed by atoms with Crippen molar-refractivity contribution in [2.24, 2.45) is 0 Å². The molecule has 1 aliphatic heterocycles. The summed E-state index contributed by atoms with van der Waals surface area (Å²) in [5.41, 5.74) is -1.40. The molecule has 0 aromatic heterocycles. The second-order valence-electron chi connectivity index (χ2n) is 5.23. The maximum absolute atomic E-state index is 12.3. The molecule has 1 heterocycles. The minimum absolute atomic E-state index is 0.242. The van der Waals surface area contributed by atoms with Gasteiger partial charge in [-0.3, -0.25) is 10.1 Å². The van der Waals surface area contributed by atoms with Gasteiger partial charge in [-0.15, -0.1) is 0 Å². The Labute approximate surface area is 121 Å². The molecule has 0 aliphatic carbocycles. The van der Waals surface area contributed by atoms with Gasteiger partial charge in [0.25, 0.3) is 0 Å². The molecular formula is C12H16N2O6S. The summed E-state index contributed by atoms with van der Waals surface area (Å²) in [6.45, 7) is 2.55. The topological polar surface area (TPSA) is 119 Å². The lowest BCUT2D eigenvalue weighted by Crippen LogP contribution is -2.51. The molecule has 1 aromatic carbocycles. The van der Waals surface area contributed by atoms with Crippen molar-refractivity contribution in [1.29, 1.82) is 0 Å². The van der Waals surface area contributed by atoms with Crippen molar-refractivity contribution in [3.8, 4) is 5.75 Å². The zero-order valence-corrected chi connectivity index (χ0v) is 12.2. The van der Waals surface area contributed by atoms with E-state index in [1.807, 2.05) is 0 Å².